The molecule has 1 saturated heterocycles. The van der Waals surface area contributed by atoms with E-state index in [-0.39, 0.29) is 0 Å². The van der Waals surface area contributed by atoms with E-state index in [0.717, 1.165) is 0 Å². The molecular weight excluding hydrogens is 118 g/mol. The van der Waals surface area contributed by atoms with Gasteiger partial charge in [-0.05, 0) is 6.92 Å². The van der Waals surface area contributed by atoms with Gasteiger partial charge >= 0.3 is 0 Å². The second kappa shape index (κ2) is 4.73. The average molecular weight is 127 g/mol. The van der Waals surface area contributed by atoms with Crippen LogP contribution in [0.5, 0.6) is 0 Å². The summed E-state index contributed by atoms with van der Waals surface area (Å²) in [6.07, 6.45) is 2.20. The molecule has 1 aliphatic rings. The van der Waals surface area contributed by atoms with Gasteiger partial charge in [-0.2, -0.15) is 11.8 Å². The maximum Gasteiger partial charge on any atom is 0.0462 e. The maximum absolute atomic E-state index is 6.50. The minimum absolute atomic E-state index is 1.29. The van der Waals surface area contributed by atoms with Crippen molar-refractivity contribution in [2.24, 2.45) is 0 Å². The Labute approximate surface area is 54.4 Å². The zero-order chi connectivity index (χ0) is 6.41. The van der Waals surface area contributed by atoms with Crippen molar-refractivity contribution in [2.45, 2.75) is 6.92 Å². The highest BCUT2D eigenvalue weighted by Gasteiger charge is 2.04. The number of thioether (sulfide) groups is 1. The summed E-state index contributed by atoms with van der Waals surface area (Å²) in [5, 5.41) is 6.50. The molecule has 44 valence electrons. The molecule has 0 atom stereocenters. The van der Waals surface area contributed by atoms with E-state index in [0.29, 0.717) is 0 Å². The highest BCUT2D eigenvalue weighted by Crippen LogP contribution is 2.22. The molecule has 0 aromatic carbocycles. The predicted octanol–water partition coefficient (Wildman–Crippen LogP) is 1.82. The van der Waals surface area contributed by atoms with Gasteiger partial charge in [0.05, 0.1) is 0 Å². The molecule has 1 heterocycles. The first kappa shape index (κ1) is 7.58. The number of hydrogen-bond acceptors (Lipinski definition) is 2. The molecule has 0 aliphatic carbocycles. The van der Waals surface area contributed by atoms with E-state index in [2.05, 4.69) is 19.6 Å². The van der Waals surface area contributed by atoms with Crippen LogP contribution in [-0.4, -0.2) is 11.5 Å². The SMILES string of the molecule is C#N.CC=C1CSC1. The van der Waals surface area contributed by atoms with Crippen LogP contribution in [0.15, 0.2) is 11.6 Å². The highest BCUT2D eigenvalue weighted by atomic mass is 32.2. The van der Waals surface area contributed by atoms with Gasteiger partial charge in [-0.15, -0.1) is 0 Å². The van der Waals surface area contributed by atoms with E-state index in [1.54, 1.807) is 5.57 Å². The van der Waals surface area contributed by atoms with Crippen molar-refractivity contribution in [3.63, 3.8) is 0 Å². The topological polar surface area (TPSA) is 23.8 Å². The number of allylic oxidation sites excluding steroid dienone is 1. The van der Waals surface area contributed by atoms with Gasteiger partial charge in [0, 0.05) is 18.1 Å². The summed E-state index contributed by atoms with van der Waals surface area (Å²) in [5.74, 6) is 2.58. The van der Waals surface area contributed by atoms with Gasteiger partial charge in [-0.3, -0.25) is 0 Å². The Kier molecular flexibility index (Phi) is 4.48. The maximum atomic E-state index is 6.50. The molecule has 1 aliphatic heterocycles. The number of nitrogens with zero attached hydrogens (tertiary/aromatic N) is 1. The summed E-state index contributed by atoms with van der Waals surface area (Å²) in [6, 6.07) is 0. The number of nitriles is 1. The Hall–Kier alpha value is -0.420. The van der Waals surface area contributed by atoms with Crippen molar-refractivity contribution < 1.29 is 0 Å². The van der Waals surface area contributed by atoms with Crippen molar-refractivity contribution in [1.29, 1.82) is 5.26 Å². The summed E-state index contributed by atoms with van der Waals surface area (Å²) in [6.45, 7) is 5.61. The van der Waals surface area contributed by atoms with Crippen LogP contribution >= 0.6 is 11.8 Å². The van der Waals surface area contributed by atoms with Crippen LogP contribution in [0.3, 0.4) is 0 Å². The molecule has 2 heteroatoms. The molecule has 0 radical (unpaired) electrons. The second-order valence-electron chi connectivity index (χ2n) is 1.44. The lowest BCUT2D eigenvalue weighted by Gasteiger charge is -2.13. The molecule has 1 nitrogen and oxygen atoms in total. The zero-order valence-electron chi connectivity index (χ0n) is 4.92. The largest absolute Gasteiger partial charge is 0.202 e. The molecule has 8 heavy (non-hydrogen) atoms. The summed E-state index contributed by atoms with van der Waals surface area (Å²) in [5.41, 5.74) is 1.61. The molecule has 0 bridgehead atoms. The average Bonchev–Trinajstić information content (AvgIpc) is 1.69. The lowest BCUT2D eigenvalue weighted by Crippen LogP contribution is -2.02. The first-order valence-electron chi connectivity index (χ1n) is 2.41. The van der Waals surface area contributed by atoms with Crippen molar-refractivity contribution in [2.75, 3.05) is 11.5 Å². The summed E-state index contributed by atoms with van der Waals surface area (Å²) in [4.78, 5) is 0. The van der Waals surface area contributed by atoms with E-state index < -0.39 is 0 Å². The smallest absolute Gasteiger partial charge is 0.0462 e. The summed E-state index contributed by atoms with van der Waals surface area (Å²) in [7, 11) is 0. The van der Waals surface area contributed by atoms with Gasteiger partial charge in [0.25, 0.3) is 0 Å². The van der Waals surface area contributed by atoms with E-state index in [1.807, 2.05) is 11.8 Å². The molecule has 0 spiro atoms. The second-order valence-corrected chi connectivity index (χ2v) is 2.43. The van der Waals surface area contributed by atoms with Crippen LogP contribution in [-0.2, 0) is 0 Å². The molecule has 0 saturated carbocycles. The molecule has 1 rings (SSSR count). The fourth-order valence-corrected chi connectivity index (χ4v) is 1.16. The fourth-order valence-electron chi connectivity index (χ4n) is 0.387. The zero-order valence-corrected chi connectivity index (χ0v) is 5.74. The fraction of sp³-hybridized carbons (Fsp3) is 0.500. The van der Waals surface area contributed by atoms with E-state index in [4.69, 9.17) is 5.26 Å². The van der Waals surface area contributed by atoms with Crippen LogP contribution in [0.1, 0.15) is 6.92 Å². The van der Waals surface area contributed by atoms with Crippen LogP contribution in [0.4, 0.5) is 0 Å². The molecule has 0 amide bonds. The third kappa shape index (κ3) is 2.04. The van der Waals surface area contributed by atoms with E-state index >= 15 is 0 Å². The van der Waals surface area contributed by atoms with Crippen LogP contribution in [0.2, 0.25) is 0 Å². The monoisotopic (exact) mass is 127 g/mol. The third-order valence-electron chi connectivity index (χ3n) is 0.983. The summed E-state index contributed by atoms with van der Waals surface area (Å²) < 4.78 is 0. The van der Waals surface area contributed by atoms with E-state index in [9.17, 15) is 0 Å². The van der Waals surface area contributed by atoms with Gasteiger partial charge in [0.1, 0.15) is 0 Å². The van der Waals surface area contributed by atoms with Crippen LogP contribution in [0.25, 0.3) is 0 Å². The molecule has 0 unspecified atom stereocenters. The third-order valence-corrected chi connectivity index (χ3v) is 2.13. The standard InChI is InChI=1S/C5H8S.CHN/c1-2-5-3-6-4-5;1-2/h2H,3-4H2,1H3;1H. The molecule has 0 N–H and O–H groups in total. The van der Waals surface area contributed by atoms with Gasteiger partial charge in [-0.25, -0.2) is 5.26 Å². The molecule has 0 aromatic rings. The minimum atomic E-state index is 1.29. The van der Waals surface area contributed by atoms with Crippen LogP contribution in [0, 0.1) is 11.8 Å². The van der Waals surface area contributed by atoms with Crippen molar-refractivity contribution in [3.05, 3.63) is 11.6 Å². The Morgan fingerprint density at radius 2 is 2.12 bits per heavy atom. The molecular formula is C6H9NS. The van der Waals surface area contributed by atoms with Crippen molar-refractivity contribution in [3.8, 4) is 6.57 Å². The highest BCUT2D eigenvalue weighted by molar-refractivity contribution is 8.01. The Morgan fingerprint density at radius 3 is 2.12 bits per heavy atom. The van der Waals surface area contributed by atoms with Crippen LogP contribution < -0.4 is 0 Å². The summed E-state index contributed by atoms with van der Waals surface area (Å²) >= 11 is 2.00. The van der Waals surface area contributed by atoms with Gasteiger partial charge < -0.3 is 0 Å². The Bertz CT molecular complexity index is 98.3. The normalized spacial score (nSPS) is 15.1. The lowest BCUT2D eigenvalue weighted by atomic mass is 10.3. The predicted molar refractivity (Wildman–Crippen MR) is 37.8 cm³/mol. The van der Waals surface area contributed by atoms with Gasteiger partial charge in [-0.1, -0.05) is 11.6 Å². The van der Waals surface area contributed by atoms with Gasteiger partial charge in [0.2, 0.25) is 0 Å². The van der Waals surface area contributed by atoms with Gasteiger partial charge in [0.15, 0.2) is 0 Å². The Morgan fingerprint density at radius 1 is 1.62 bits per heavy atom. The molecule has 1 fully saturated rings. The molecule has 0 aromatic heterocycles. The lowest BCUT2D eigenvalue weighted by molar-refractivity contribution is 1.33. The van der Waals surface area contributed by atoms with Crippen molar-refractivity contribution >= 4 is 11.8 Å². The number of rotatable bonds is 0. The minimum Gasteiger partial charge on any atom is -0.202 e. The quantitative estimate of drug-likeness (QED) is 0.463. The first-order chi connectivity index (χ1) is 3.93. The number of hydrogen-bond donors (Lipinski definition) is 0. The van der Waals surface area contributed by atoms with E-state index in [1.165, 1.54) is 11.5 Å². The Balaban J connectivity index is 0.000000222. The van der Waals surface area contributed by atoms with Crippen molar-refractivity contribution in [1.82, 2.24) is 0 Å². The first-order valence-corrected chi connectivity index (χ1v) is 3.56.